The van der Waals surface area contributed by atoms with Crippen LogP contribution in [0.5, 0.6) is 0 Å². The zero-order valence-electron chi connectivity index (χ0n) is 12.6. The smallest absolute Gasteiger partial charge is 0.236 e. The number of nitrogens with zero attached hydrogens (tertiary/aromatic N) is 2. The number of carbonyl (C=O) groups excluding carboxylic acids is 1. The van der Waals surface area contributed by atoms with E-state index in [0.717, 1.165) is 21.9 Å². The van der Waals surface area contributed by atoms with Gasteiger partial charge in [-0.15, -0.1) is 34.4 Å². The lowest BCUT2D eigenvalue weighted by molar-refractivity contribution is -0.113. The molecule has 3 rings (SSSR count). The van der Waals surface area contributed by atoms with E-state index in [9.17, 15) is 4.79 Å². The second kappa shape index (κ2) is 8.11. The van der Waals surface area contributed by atoms with Crippen LogP contribution in [0.2, 0.25) is 0 Å². The third-order valence-corrected chi connectivity index (χ3v) is 5.76. The molecule has 4 nitrogen and oxygen atoms in total. The van der Waals surface area contributed by atoms with Crippen LogP contribution in [0.25, 0.3) is 10.6 Å². The van der Waals surface area contributed by atoms with Crippen LogP contribution in [0, 0.1) is 11.3 Å². The number of nitrogens with one attached hydrogen (secondary N) is 1. The van der Waals surface area contributed by atoms with Crippen LogP contribution in [-0.2, 0) is 10.5 Å². The third kappa shape index (κ3) is 4.45. The topological polar surface area (TPSA) is 65.8 Å². The SMILES string of the molecule is N#Cc1ccc(CSCC(=O)Nc2nc(-c3cccs3)cs2)cc1. The molecule has 1 aromatic carbocycles. The fourth-order valence-corrected chi connectivity index (χ4v) is 4.24. The van der Waals surface area contributed by atoms with Crippen molar-refractivity contribution in [1.82, 2.24) is 4.98 Å². The number of aromatic nitrogens is 1. The van der Waals surface area contributed by atoms with Crippen molar-refractivity contribution in [2.24, 2.45) is 0 Å². The molecule has 24 heavy (non-hydrogen) atoms. The van der Waals surface area contributed by atoms with Crippen molar-refractivity contribution in [1.29, 1.82) is 5.26 Å². The number of amides is 1. The normalized spacial score (nSPS) is 10.3. The average molecular weight is 372 g/mol. The summed E-state index contributed by atoms with van der Waals surface area (Å²) in [7, 11) is 0. The number of thiophene rings is 1. The van der Waals surface area contributed by atoms with Crippen molar-refractivity contribution in [3.8, 4) is 16.6 Å². The van der Waals surface area contributed by atoms with E-state index in [-0.39, 0.29) is 5.91 Å². The Morgan fingerprint density at radius 2 is 2.08 bits per heavy atom. The van der Waals surface area contributed by atoms with Gasteiger partial charge >= 0.3 is 0 Å². The largest absolute Gasteiger partial charge is 0.301 e. The van der Waals surface area contributed by atoms with E-state index in [1.165, 1.54) is 23.1 Å². The van der Waals surface area contributed by atoms with E-state index in [2.05, 4.69) is 16.4 Å². The first-order valence-corrected chi connectivity index (χ1v) is 10.0. The molecule has 0 saturated carbocycles. The van der Waals surface area contributed by atoms with Crippen LogP contribution < -0.4 is 5.32 Å². The minimum atomic E-state index is -0.0549. The lowest BCUT2D eigenvalue weighted by Crippen LogP contribution is -2.13. The zero-order valence-corrected chi connectivity index (χ0v) is 15.0. The molecule has 2 aromatic heterocycles. The van der Waals surface area contributed by atoms with Crippen LogP contribution in [0.15, 0.2) is 47.2 Å². The van der Waals surface area contributed by atoms with Crippen LogP contribution >= 0.6 is 34.4 Å². The Morgan fingerprint density at radius 3 is 2.79 bits per heavy atom. The van der Waals surface area contributed by atoms with Gasteiger partial charge in [0.25, 0.3) is 0 Å². The van der Waals surface area contributed by atoms with Crippen LogP contribution in [0.4, 0.5) is 5.13 Å². The molecule has 0 aliphatic heterocycles. The lowest BCUT2D eigenvalue weighted by Gasteiger charge is -2.02. The Balaban J connectivity index is 1.46. The van der Waals surface area contributed by atoms with Gasteiger partial charge in [0.15, 0.2) is 5.13 Å². The summed E-state index contributed by atoms with van der Waals surface area (Å²) < 4.78 is 0. The van der Waals surface area contributed by atoms with Crippen molar-refractivity contribution < 1.29 is 4.79 Å². The number of thioether (sulfide) groups is 1. The number of rotatable bonds is 6. The first-order valence-electron chi connectivity index (χ1n) is 7.10. The summed E-state index contributed by atoms with van der Waals surface area (Å²) in [5.74, 6) is 1.05. The van der Waals surface area contributed by atoms with Gasteiger partial charge in [0.2, 0.25) is 5.91 Å². The number of carbonyl (C=O) groups is 1. The van der Waals surface area contributed by atoms with Gasteiger partial charge in [0, 0.05) is 11.1 Å². The standard InChI is InChI=1S/C17H13N3OS3/c18-8-12-3-5-13(6-4-12)9-22-11-16(21)20-17-19-14(10-24-17)15-2-1-7-23-15/h1-7,10H,9,11H2,(H,19,20,21). The highest BCUT2D eigenvalue weighted by Crippen LogP contribution is 2.28. The van der Waals surface area contributed by atoms with E-state index >= 15 is 0 Å². The Bertz CT molecular complexity index is 848. The predicted molar refractivity (Wildman–Crippen MR) is 101 cm³/mol. The fraction of sp³-hybridized carbons (Fsp3) is 0.118. The summed E-state index contributed by atoms with van der Waals surface area (Å²) >= 11 is 4.60. The average Bonchev–Trinajstić information content (AvgIpc) is 3.27. The summed E-state index contributed by atoms with van der Waals surface area (Å²) in [6.07, 6.45) is 0. The van der Waals surface area contributed by atoms with Crippen molar-refractivity contribution in [3.05, 3.63) is 58.3 Å². The van der Waals surface area contributed by atoms with Gasteiger partial charge in [0.05, 0.1) is 28.0 Å². The molecule has 1 amide bonds. The van der Waals surface area contributed by atoms with E-state index < -0.39 is 0 Å². The number of benzene rings is 1. The molecule has 0 aliphatic rings. The maximum absolute atomic E-state index is 12.0. The minimum absolute atomic E-state index is 0.0549. The maximum atomic E-state index is 12.0. The molecular weight excluding hydrogens is 358 g/mol. The molecule has 3 aromatic rings. The summed E-state index contributed by atoms with van der Waals surface area (Å²) in [6, 6.07) is 13.5. The summed E-state index contributed by atoms with van der Waals surface area (Å²) in [6.45, 7) is 0. The Kier molecular flexibility index (Phi) is 5.64. The molecule has 1 N–H and O–H groups in total. The minimum Gasteiger partial charge on any atom is -0.301 e. The van der Waals surface area contributed by atoms with Crippen LogP contribution in [-0.4, -0.2) is 16.6 Å². The van der Waals surface area contributed by atoms with Gasteiger partial charge in [-0.25, -0.2) is 4.98 Å². The van der Waals surface area contributed by atoms with Crippen molar-refractivity contribution in [2.75, 3.05) is 11.1 Å². The van der Waals surface area contributed by atoms with Crippen molar-refractivity contribution in [3.63, 3.8) is 0 Å². The molecule has 7 heteroatoms. The number of thiazole rings is 1. The van der Waals surface area contributed by atoms with Gasteiger partial charge in [-0.1, -0.05) is 18.2 Å². The third-order valence-electron chi connectivity index (χ3n) is 3.11. The summed E-state index contributed by atoms with van der Waals surface area (Å²) in [4.78, 5) is 17.5. The number of hydrogen-bond donors (Lipinski definition) is 1. The second-order valence-corrected chi connectivity index (χ2v) is 7.66. The van der Waals surface area contributed by atoms with Crippen molar-refractivity contribution in [2.45, 2.75) is 5.75 Å². The molecule has 0 radical (unpaired) electrons. The first kappa shape index (κ1) is 16.7. The quantitative estimate of drug-likeness (QED) is 0.687. The Labute approximate surface area is 152 Å². The van der Waals surface area contributed by atoms with Crippen molar-refractivity contribution >= 4 is 45.5 Å². The lowest BCUT2D eigenvalue weighted by atomic mass is 10.2. The molecule has 0 aliphatic carbocycles. The van der Waals surface area contributed by atoms with Gasteiger partial charge in [-0.2, -0.15) is 5.26 Å². The molecule has 120 valence electrons. The summed E-state index contributed by atoms with van der Waals surface area (Å²) in [5, 5.41) is 16.2. The molecule has 0 unspecified atom stereocenters. The fourth-order valence-electron chi connectivity index (χ4n) is 1.96. The van der Waals surface area contributed by atoms with Crippen LogP contribution in [0.3, 0.4) is 0 Å². The molecule has 0 fully saturated rings. The molecule has 2 heterocycles. The Morgan fingerprint density at radius 1 is 1.25 bits per heavy atom. The monoisotopic (exact) mass is 371 g/mol. The number of hydrogen-bond acceptors (Lipinski definition) is 6. The van der Waals surface area contributed by atoms with Gasteiger partial charge < -0.3 is 5.32 Å². The number of nitriles is 1. The maximum Gasteiger partial charge on any atom is 0.236 e. The zero-order chi connectivity index (χ0) is 16.8. The van der Waals surface area contributed by atoms with Crippen LogP contribution in [0.1, 0.15) is 11.1 Å². The molecular formula is C17H13N3OS3. The Hall–Kier alpha value is -2.14. The predicted octanol–water partition coefficient (Wildman–Crippen LogP) is 4.62. The highest BCUT2D eigenvalue weighted by Gasteiger charge is 2.09. The molecule has 0 saturated heterocycles. The second-order valence-electron chi connectivity index (χ2n) is 4.86. The molecule has 0 atom stereocenters. The van der Waals surface area contributed by atoms with E-state index in [1.807, 2.05) is 35.0 Å². The molecule has 0 bridgehead atoms. The first-order chi connectivity index (χ1) is 11.7. The summed E-state index contributed by atoms with van der Waals surface area (Å²) in [5.41, 5.74) is 2.64. The number of anilines is 1. The van der Waals surface area contributed by atoms with E-state index in [4.69, 9.17) is 5.26 Å². The van der Waals surface area contributed by atoms with Gasteiger partial charge in [-0.05, 0) is 29.1 Å². The van der Waals surface area contributed by atoms with E-state index in [0.29, 0.717) is 16.4 Å². The van der Waals surface area contributed by atoms with Gasteiger partial charge in [-0.3, -0.25) is 4.79 Å². The highest BCUT2D eigenvalue weighted by molar-refractivity contribution is 7.99. The van der Waals surface area contributed by atoms with E-state index in [1.54, 1.807) is 23.5 Å². The molecule has 0 spiro atoms. The highest BCUT2D eigenvalue weighted by atomic mass is 32.2. The van der Waals surface area contributed by atoms with Gasteiger partial charge in [0.1, 0.15) is 0 Å².